The third-order valence-corrected chi connectivity index (χ3v) is 5.71. The third-order valence-electron chi connectivity index (χ3n) is 5.33. The van der Waals surface area contributed by atoms with Crippen molar-refractivity contribution in [1.29, 1.82) is 0 Å². The number of ether oxygens (including phenoxy) is 1. The molecule has 8 nitrogen and oxygen atoms in total. The number of carbonyl (C=O) groups excluding carboxylic acids is 1. The van der Waals surface area contributed by atoms with E-state index in [9.17, 15) is 13.6 Å². The van der Waals surface area contributed by atoms with Gasteiger partial charge in [0.05, 0.1) is 23.5 Å². The van der Waals surface area contributed by atoms with Crippen molar-refractivity contribution in [2.24, 2.45) is 0 Å². The zero-order chi connectivity index (χ0) is 25.0. The maximum atomic E-state index is 11.5. The second-order valence-electron chi connectivity index (χ2n) is 8.25. The number of nitrogens with one attached hydrogen (secondary N) is 1. The molecule has 3 aromatic rings. The van der Waals surface area contributed by atoms with E-state index in [1.807, 2.05) is 66.9 Å². The molecule has 0 spiro atoms. The Balaban J connectivity index is 1.66. The highest BCUT2D eigenvalue weighted by atomic mass is 32.2. The second kappa shape index (κ2) is 13.7. The number of unbranched alkanes of at least 4 members (excludes halogenated alkanes) is 1. The summed E-state index contributed by atoms with van der Waals surface area (Å²) in [6.07, 6.45) is 3.42. The normalized spacial score (nSPS) is 11.9. The molecule has 0 aliphatic rings. The van der Waals surface area contributed by atoms with Gasteiger partial charge < -0.3 is 19.5 Å². The molecule has 1 N–H and O–H groups in total. The van der Waals surface area contributed by atoms with E-state index in [1.54, 1.807) is 0 Å². The molecule has 1 atom stereocenters. The number of hydrogen-bond donors (Lipinski definition) is 1. The summed E-state index contributed by atoms with van der Waals surface area (Å²) < 4.78 is 26.3. The van der Waals surface area contributed by atoms with E-state index in [0.29, 0.717) is 6.61 Å². The average molecular weight is 496 g/mol. The molecule has 2 aromatic carbocycles. The van der Waals surface area contributed by atoms with Crippen LogP contribution in [-0.4, -0.2) is 56.3 Å². The van der Waals surface area contributed by atoms with Gasteiger partial charge in [-0.05, 0) is 37.8 Å². The van der Waals surface area contributed by atoms with Crippen LogP contribution in [0.4, 0.5) is 5.82 Å². The average Bonchev–Trinajstić information content (AvgIpc) is 2.87. The van der Waals surface area contributed by atoms with E-state index in [2.05, 4.69) is 24.1 Å². The first-order valence-electron chi connectivity index (χ1n) is 11.6. The van der Waals surface area contributed by atoms with Crippen LogP contribution in [0.25, 0.3) is 22.5 Å². The van der Waals surface area contributed by atoms with Crippen LogP contribution in [0.15, 0.2) is 66.9 Å². The Morgan fingerprint density at radius 2 is 1.66 bits per heavy atom. The lowest BCUT2D eigenvalue weighted by molar-refractivity contribution is -0.125. The number of aromatic nitrogens is 2. The standard InChI is InChI=1S/C26H32N4O4S/c1-20(2)30(15-9-10-16-34-18-24(31)28-19-35(32)33)23-17-27-25(21-11-5-3-6-12-21)26(29-23)22-13-7-4-8-14-22/h3-8,11-14,17,20H,9-10,15-16,18-19H2,1-2H3,(H,28,31)(H,32,33)/p-1. The second-order valence-corrected chi connectivity index (χ2v) is 9.15. The Morgan fingerprint density at radius 1 is 1.03 bits per heavy atom. The molecule has 0 aliphatic carbocycles. The minimum atomic E-state index is -2.31. The molecule has 0 aliphatic heterocycles. The largest absolute Gasteiger partial charge is 0.771 e. The van der Waals surface area contributed by atoms with Crippen molar-refractivity contribution in [3.8, 4) is 22.5 Å². The monoisotopic (exact) mass is 495 g/mol. The molecule has 0 saturated heterocycles. The summed E-state index contributed by atoms with van der Waals surface area (Å²) >= 11 is -2.31. The highest BCUT2D eigenvalue weighted by Crippen LogP contribution is 2.30. The van der Waals surface area contributed by atoms with E-state index in [4.69, 9.17) is 14.7 Å². The highest BCUT2D eigenvalue weighted by Gasteiger charge is 2.17. The van der Waals surface area contributed by atoms with Crippen molar-refractivity contribution in [2.45, 2.75) is 32.7 Å². The Morgan fingerprint density at radius 3 is 2.26 bits per heavy atom. The number of anilines is 1. The first kappa shape index (κ1) is 26.5. The topological polar surface area (TPSA) is 107 Å². The third kappa shape index (κ3) is 8.24. The molecule has 35 heavy (non-hydrogen) atoms. The molecule has 186 valence electrons. The molecule has 1 amide bonds. The minimum Gasteiger partial charge on any atom is -0.771 e. The van der Waals surface area contributed by atoms with Crippen LogP contribution in [0.3, 0.4) is 0 Å². The first-order valence-corrected chi connectivity index (χ1v) is 12.8. The van der Waals surface area contributed by atoms with Crippen LogP contribution in [0.5, 0.6) is 0 Å². The van der Waals surface area contributed by atoms with Gasteiger partial charge in [0.15, 0.2) is 0 Å². The maximum absolute atomic E-state index is 11.5. The van der Waals surface area contributed by atoms with Crippen LogP contribution in [0, 0.1) is 0 Å². The molecular weight excluding hydrogens is 464 g/mol. The summed E-state index contributed by atoms with van der Waals surface area (Å²) in [5, 5.41) is 2.26. The van der Waals surface area contributed by atoms with Gasteiger partial charge in [-0.25, -0.2) is 4.98 Å². The summed E-state index contributed by atoms with van der Waals surface area (Å²) in [6.45, 7) is 5.26. The van der Waals surface area contributed by atoms with Crippen molar-refractivity contribution >= 4 is 22.8 Å². The van der Waals surface area contributed by atoms with Gasteiger partial charge in [-0.3, -0.25) is 14.0 Å². The lowest BCUT2D eigenvalue weighted by Crippen LogP contribution is -2.33. The van der Waals surface area contributed by atoms with Gasteiger partial charge in [-0.15, -0.1) is 0 Å². The van der Waals surface area contributed by atoms with Crippen LogP contribution in [0.1, 0.15) is 26.7 Å². The maximum Gasteiger partial charge on any atom is 0.246 e. The van der Waals surface area contributed by atoms with Gasteiger partial charge in [0.2, 0.25) is 5.91 Å². The lowest BCUT2D eigenvalue weighted by Gasteiger charge is -2.28. The molecule has 0 bridgehead atoms. The predicted octanol–water partition coefficient (Wildman–Crippen LogP) is 3.78. The summed E-state index contributed by atoms with van der Waals surface area (Å²) in [5.74, 6) is -0.0367. The van der Waals surface area contributed by atoms with Crippen molar-refractivity contribution in [1.82, 2.24) is 15.3 Å². The Hall–Kier alpha value is -3.14. The fraction of sp³-hybridized carbons (Fsp3) is 0.346. The van der Waals surface area contributed by atoms with E-state index in [1.165, 1.54) is 0 Å². The minimum absolute atomic E-state index is 0.155. The van der Waals surface area contributed by atoms with Crippen molar-refractivity contribution < 1.29 is 18.3 Å². The van der Waals surface area contributed by atoms with Crippen molar-refractivity contribution in [2.75, 3.05) is 30.5 Å². The number of benzene rings is 2. The van der Waals surface area contributed by atoms with Gasteiger partial charge in [-0.2, -0.15) is 0 Å². The molecule has 1 aromatic heterocycles. The van der Waals surface area contributed by atoms with Gasteiger partial charge in [-0.1, -0.05) is 60.7 Å². The van der Waals surface area contributed by atoms with Gasteiger partial charge in [0, 0.05) is 30.3 Å². The zero-order valence-electron chi connectivity index (χ0n) is 20.1. The van der Waals surface area contributed by atoms with Crippen molar-refractivity contribution in [3.63, 3.8) is 0 Å². The Labute approximate surface area is 209 Å². The highest BCUT2D eigenvalue weighted by molar-refractivity contribution is 7.79. The van der Waals surface area contributed by atoms with E-state index in [0.717, 1.165) is 47.7 Å². The molecule has 1 heterocycles. The lowest BCUT2D eigenvalue weighted by atomic mass is 10.0. The van der Waals surface area contributed by atoms with E-state index >= 15 is 0 Å². The van der Waals surface area contributed by atoms with E-state index in [-0.39, 0.29) is 12.6 Å². The smallest absolute Gasteiger partial charge is 0.246 e. The molecule has 0 saturated carbocycles. The SMILES string of the molecule is CC(C)N(CCCCOCC(=O)NCS(=O)[O-])c1cnc(-c2ccccc2)c(-c2ccccc2)n1. The number of hydrogen-bond acceptors (Lipinski definition) is 7. The molecule has 9 heteroatoms. The predicted molar refractivity (Wildman–Crippen MR) is 137 cm³/mol. The molecular formula is C26H31N4O4S-. The summed E-state index contributed by atoms with van der Waals surface area (Å²) in [4.78, 5) is 23.6. The summed E-state index contributed by atoms with van der Waals surface area (Å²) in [6, 6.07) is 20.3. The quantitative estimate of drug-likeness (QED) is 0.284. The molecule has 0 radical (unpaired) electrons. The molecule has 0 fully saturated rings. The van der Waals surface area contributed by atoms with Gasteiger partial charge in [0.1, 0.15) is 12.4 Å². The zero-order valence-corrected chi connectivity index (χ0v) is 20.9. The van der Waals surface area contributed by atoms with E-state index < -0.39 is 22.9 Å². The molecule has 1 unspecified atom stereocenters. The van der Waals surface area contributed by atoms with Gasteiger partial charge in [0.25, 0.3) is 0 Å². The molecule has 3 rings (SSSR count). The fourth-order valence-corrected chi connectivity index (χ4v) is 3.88. The summed E-state index contributed by atoms with van der Waals surface area (Å²) in [5.41, 5.74) is 3.71. The van der Waals surface area contributed by atoms with Gasteiger partial charge >= 0.3 is 0 Å². The van der Waals surface area contributed by atoms with Crippen LogP contribution in [0.2, 0.25) is 0 Å². The van der Waals surface area contributed by atoms with Crippen LogP contribution in [-0.2, 0) is 20.6 Å². The number of rotatable bonds is 13. The number of amides is 1. The van der Waals surface area contributed by atoms with Crippen LogP contribution < -0.4 is 10.2 Å². The number of carbonyl (C=O) groups is 1. The summed E-state index contributed by atoms with van der Waals surface area (Å²) in [7, 11) is 0. The first-order chi connectivity index (χ1) is 17.0. The fourth-order valence-electron chi connectivity index (χ4n) is 3.60. The Kier molecular flexibility index (Phi) is 10.3. The Bertz CT molecular complexity index is 1100. The van der Waals surface area contributed by atoms with Crippen molar-refractivity contribution in [3.05, 3.63) is 66.9 Å². The van der Waals surface area contributed by atoms with Crippen LogP contribution >= 0.6 is 0 Å². The number of nitrogens with zero attached hydrogens (tertiary/aromatic N) is 3.